The van der Waals surface area contributed by atoms with Crippen LogP contribution in [0.25, 0.3) is 11.0 Å². The highest BCUT2D eigenvalue weighted by atomic mass is 32.2. The maximum Gasteiger partial charge on any atom is 0.251 e. The highest BCUT2D eigenvalue weighted by Gasteiger charge is 2.28. The van der Waals surface area contributed by atoms with Gasteiger partial charge in [-0.05, 0) is 59.7 Å². The number of fused-ring (bicyclic) bond motifs is 1. The van der Waals surface area contributed by atoms with Crippen LogP contribution in [-0.2, 0) is 12.3 Å². The summed E-state index contributed by atoms with van der Waals surface area (Å²) in [5.74, 6) is 1.59. The summed E-state index contributed by atoms with van der Waals surface area (Å²) in [6.45, 7) is 5.14. The number of hydrogen-bond acceptors (Lipinski definition) is 4. The van der Waals surface area contributed by atoms with Gasteiger partial charge < -0.3 is 9.88 Å². The highest BCUT2D eigenvalue weighted by Crippen LogP contribution is 2.30. The molecule has 36 heavy (non-hydrogen) atoms. The molecule has 5 nitrogen and oxygen atoms in total. The number of aromatic nitrogens is 3. The van der Waals surface area contributed by atoms with Gasteiger partial charge in [0, 0.05) is 23.6 Å². The van der Waals surface area contributed by atoms with E-state index < -0.39 is 0 Å². The Morgan fingerprint density at radius 3 is 2.58 bits per heavy atom. The van der Waals surface area contributed by atoms with Gasteiger partial charge in [0.2, 0.25) is 0 Å². The van der Waals surface area contributed by atoms with Crippen LogP contribution in [-0.4, -0.2) is 26.5 Å². The van der Waals surface area contributed by atoms with Crippen LogP contribution in [0.15, 0.2) is 72.1 Å². The molecule has 1 fully saturated rings. The van der Waals surface area contributed by atoms with Gasteiger partial charge in [-0.25, -0.2) is 9.37 Å². The molecule has 2 heterocycles. The average molecular weight is 503 g/mol. The second-order valence-corrected chi connectivity index (χ2v) is 10.7. The normalized spacial score (nSPS) is 19.9. The van der Waals surface area contributed by atoms with Crippen molar-refractivity contribution in [1.29, 1.82) is 0 Å². The minimum atomic E-state index is -0.234. The number of amides is 1. The lowest BCUT2D eigenvalue weighted by atomic mass is 9.78. The molecule has 2 aromatic heterocycles. The third-order valence-corrected chi connectivity index (χ3v) is 8.42. The standard InChI is InChI=1S/C29H31FN4OS/c1-19-4-3-5-25(20(19)2)32-28(35)23-10-6-21(7-11-23)17-34-27-16-31-15-14-26(27)33-29(34)36-18-22-8-12-24(30)13-9-22/h6-16,19-20,25H,3-5,17-18H2,1-2H3,(H,32,35)/t19-,20-,25+/m1/s1. The topological polar surface area (TPSA) is 59.8 Å². The molecule has 2 aromatic carbocycles. The summed E-state index contributed by atoms with van der Waals surface area (Å²) in [7, 11) is 0. The summed E-state index contributed by atoms with van der Waals surface area (Å²) >= 11 is 1.62. The first-order chi connectivity index (χ1) is 17.5. The molecule has 0 radical (unpaired) electrons. The Bertz CT molecular complexity index is 1340. The maximum absolute atomic E-state index is 13.3. The van der Waals surface area contributed by atoms with E-state index in [0.717, 1.165) is 33.7 Å². The van der Waals surface area contributed by atoms with Gasteiger partial charge in [-0.15, -0.1) is 0 Å². The van der Waals surface area contributed by atoms with E-state index in [9.17, 15) is 9.18 Å². The van der Waals surface area contributed by atoms with E-state index in [2.05, 4.69) is 28.7 Å². The van der Waals surface area contributed by atoms with E-state index in [0.29, 0.717) is 29.7 Å². The van der Waals surface area contributed by atoms with Crippen molar-refractivity contribution in [2.75, 3.05) is 0 Å². The lowest BCUT2D eigenvalue weighted by Gasteiger charge is -2.34. The molecule has 0 spiro atoms. The summed E-state index contributed by atoms with van der Waals surface area (Å²) in [5.41, 5.74) is 4.65. The quantitative estimate of drug-likeness (QED) is 0.295. The summed E-state index contributed by atoms with van der Waals surface area (Å²) in [6.07, 6.45) is 7.04. The first-order valence-electron chi connectivity index (χ1n) is 12.6. The van der Waals surface area contributed by atoms with Gasteiger partial charge in [0.15, 0.2) is 5.16 Å². The Kier molecular flexibility index (Phi) is 7.37. The lowest BCUT2D eigenvalue weighted by molar-refractivity contribution is 0.0891. The van der Waals surface area contributed by atoms with Crippen LogP contribution in [0.4, 0.5) is 4.39 Å². The van der Waals surface area contributed by atoms with E-state index >= 15 is 0 Å². The van der Waals surface area contributed by atoms with Crippen LogP contribution in [0.2, 0.25) is 0 Å². The molecular weight excluding hydrogens is 471 g/mol. The Labute approximate surface area is 215 Å². The molecule has 1 saturated carbocycles. The number of carbonyl (C=O) groups excluding carboxylic acids is 1. The number of imidazole rings is 1. The molecule has 1 N–H and O–H groups in total. The minimum Gasteiger partial charge on any atom is -0.349 e. The molecule has 0 saturated heterocycles. The fourth-order valence-corrected chi connectivity index (χ4v) is 5.89. The molecule has 3 atom stereocenters. The molecule has 1 aliphatic carbocycles. The number of nitrogens with one attached hydrogen (secondary N) is 1. The second kappa shape index (κ2) is 10.8. The molecule has 5 rings (SSSR count). The van der Waals surface area contributed by atoms with Crippen molar-refractivity contribution in [3.63, 3.8) is 0 Å². The predicted octanol–water partition coefficient (Wildman–Crippen LogP) is 6.47. The summed E-state index contributed by atoms with van der Waals surface area (Å²) in [4.78, 5) is 22.0. The zero-order chi connectivity index (χ0) is 25.1. The molecule has 0 unspecified atom stereocenters. The number of halogens is 1. The lowest BCUT2D eigenvalue weighted by Crippen LogP contribution is -2.43. The van der Waals surface area contributed by atoms with Crippen molar-refractivity contribution in [2.24, 2.45) is 11.8 Å². The number of benzene rings is 2. The van der Waals surface area contributed by atoms with Crippen LogP contribution < -0.4 is 5.32 Å². The van der Waals surface area contributed by atoms with Gasteiger partial charge >= 0.3 is 0 Å². The van der Waals surface area contributed by atoms with E-state index in [-0.39, 0.29) is 17.8 Å². The van der Waals surface area contributed by atoms with Crippen LogP contribution >= 0.6 is 11.8 Å². The number of hydrogen-bond donors (Lipinski definition) is 1. The second-order valence-electron chi connectivity index (χ2n) is 9.80. The molecule has 1 amide bonds. The Hall–Kier alpha value is -3.19. The monoisotopic (exact) mass is 502 g/mol. The third kappa shape index (κ3) is 5.46. The van der Waals surface area contributed by atoms with Crippen molar-refractivity contribution in [3.8, 4) is 0 Å². The molecule has 1 aliphatic rings. The van der Waals surface area contributed by atoms with Gasteiger partial charge in [-0.1, -0.05) is 62.7 Å². The van der Waals surface area contributed by atoms with Crippen molar-refractivity contribution in [3.05, 3.63) is 89.5 Å². The SMILES string of the molecule is C[C@@H]1[C@H](C)CCC[C@@H]1NC(=O)c1ccc(Cn2c(SCc3ccc(F)cc3)nc3ccncc32)cc1. The number of pyridine rings is 1. The fourth-order valence-electron chi connectivity index (χ4n) is 4.92. The molecule has 0 bridgehead atoms. The van der Waals surface area contributed by atoms with Gasteiger partial charge in [0.1, 0.15) is 5.82 Å². The zero-order valence-corrected chi connectivity index (χ0v) is 21.5. The van der Waals surface area contributed by atoms with E-state index in [1.165, 1.54) is 25.0 Å². The summed E-state index contributed by atoms with van der Waals surface area (Å²) < 4.78 is 15.4. The van der Waals surface area contributed by atoms with E-state index in [1.54, 1.807) is 30.1 Å². The Balaban J connectivity index is 1.31. The molecule has 7 heteroatoms. The fraction of sp³-hybridized carbons (Fsp3) is 0.345. The maximum atomic E-state index is 13.3. The van der Waals surface area contributed by atoms with Crippen LogP contribution in [0.1, 0.15) is 54.6 Å². The first kappa shape index (κ1) is 24.5. The van der Waals surface area contributed by atoms with E-state index in [4.69, 9.17) is 4.98 Å². The summed E-state index contributed by atoms with van der Waals surface area (Å²) in [5, 5.41) is 4.14. The first-order valence-corrected chi connectivity index (χ1v) is 13.5. The minimum absolute atomic E-state index is 0.000299. The van der Waals surface area contributed by atoms with E-state index in [1.807, 2.05) is 36.5 Å². The van der Waals surface area contributed by atoms with Crippen molar-refractivity contribution in [2.45, 2.75) is 56.6 Å². The Morgan fingerprint density at radius 2 is 1.81 bits per heavy atom. The molecule has 0 aliphatic heterocycles. The van der Waals surface area contributed by atoms with Crippen LogP contribution in [0.5, 0.6) is 0 Å². The van der Waals surface area contributed by atoms with Gasteiger partial charge in [-0.2, -0.15) is 0 Å². The summed E-state index contributed by atoms with van der Waals surface area (Å²) in [6, 6.07) is 16.6. The third-order valence-electron chi connectivity index (χ3n) is 7.38. The van der Waals surface area contributed by atoms with Crippen LogP contribution in [0, 0.1) is 17.7 Å². The number of thioether (sulfide) groups is 1. The van der Waals surface area contributed by atoms with Gasteiger partial charge in [0.25, 0.3) is 5.91 Å². The smallest absolute Gasteiger partial charge is 0.251 e. The molecule has 4 aromatic rings. The zero-order valence-electron chi connectivity index (χ0n) is 20.7. The molecule has 186 valence electrons. The van der Waals surface area contributed by atoms with Gasteiger partial charge in [0.05, 0.1) is 23.8 Å². The number of nitrogens with zero attached hydrogens (tertiary/aromatic N) is 3. The number of rotatable bonds is 7. The van der Waals surface area contributed by atoms with Crippen molar-refractivity contribution in [1.82, 2.24) is 19.9 Å². The van der Waals surface area contributed by atoms with Gasteiger partial charge in [-0.3, -0.25) is 9.78 Å². The number of carbonyl (C=O) groups is 1. The predicted molar refractivity (Wildman–Crippen MR) is 142 cm³/mol. The molecular formula is C29H31FN4OS. The van der Waals surface area contributed by atoms with Crippen LogP contribution in [0.3, 0.4) is 0 Å². The van der Waals surface area contributed by atoms with Crippen molar-refractivity contribution >= 4 is 28.7 Å². The average Bonchev–Trinajstić information content (AvgIpc) is 3.24. The Morgan fingerprint density at radius 1 is 1.06 bits per heavy atom. The van der Waals surface area contributed by atoms with Crippen molar-refractivity contribution < 1.29 is 9.18 Å². The largest absolute Gasteiger partial charge is 0.349 e. The highest BCUT2D eigenvalue weighted by molar-refractivity contribution is 7.98.